The van der Waals surface area contributed by atoms with E-state index < -0.39 is 17.5 Å². The van der Waals surface area contributed by atoms with Gasteiger partial charge in [0.25, 0.3) is 5.56 Å². The molecule has 3 heterocycles. The van der Waals surface area contributed by atoms with Crippen molar-refractivity contribution in [3.63, 3.8) is 0 Å². The van der Waals surface area contributed by atoms with Crippen molar-refractivity contribution in [2.45, 2.75) is 66.4 Å². The van der Waals surface area contributed by atoms with Gasteiger partial charge < -0.3 is 19.1 Å². The first-order valence-corrected chi connectivity index (χ1v) is 11.2. The Hall–Kier alpha value is -3.52. The molecule has 34 heavy (non-hydrogen) atoms. The first-order valence-electron chi connectivity index (χ1n) is 11.2. The molecule has 1 N–H and O–H groups in total. The van der Waals surface area contributed by atoms with Crippen LogP contribution in [0, 0.1) is 0 Å². The Labute approximate surface area is 197 Å². The Morgan fingerprint density at radius 1 is 1.18 bits per heavy atom. The Morgan fingerprint density at radius 2 is 1.91 bits per heavy atom. The maximum Gasteiger partial charge on any atom is 0.338 e. The number of pyridine rings is 2. The maximum atomic E-state index is 13.3. The number of carbonyl (C=O) groups excluding carboxylic acids is 2. The second-order valence-corrected chi connectivity index (χ2v) is 9.37. The van der Waals surface area contributed by atoms with Crippen LogP contribution in [-0.2, 0) is 40.4 Å². The van der Waals surface area contributed by atoms with Gasteiger partial charge in [-0.1, -0.05) is 6.92 Å². The van der Waals surface area contributed by atoms with Gasteiger partial charge in [-0.3, -0.25) is 9.59 Å². The minimum absolute atomic E-state index is 0.198. The van der Waals surface area contributed by atoms with Gasteiger partial charge in [0.1, 0.15) is 12.2 Å². The monoisotopic (exact) mass is 464 g/mol. The van der Waals surface area contributed by atoms with Gasteiger partial charge >= 0.3 is 11.9 Å². The van der Waals surface area contributed by atoms with Crippen LogP contribution >= 0.6 is 0 Å². The third-order valence-corrected chi connectivity index (χ3v) is 5.83. The maximum absolute atomic E-state index is 13.3. The molecule has 0 atom stereocenters. The van der Waals surface area contributed by atoms with Crippen LogP contribution < -0.4 is 5.56 Å². The lowest BCUT2D eigenvalue weighted by atomic mass is 9.97. The minimum Gasteiger partial charge on any atom is -0.461 e. The average molecular weight is 465 g/mol. The summed E-state index contributed by atoms with van der Waals surface area (Å²) >= 11 is 0. The summed E-state index contributed by atoms with van der Waals surface area (Å²) in [6.45, 7) is 8.51. The quantitative estimate of drug-likeness (QED) is 0.451. The van der Waals surface area contributed by atoms with Gasteiger partial charge in [-0.2, -0.15) is 0 Å². The molecule has 2 aromatic heterocycles. The molecular formula is C26H28N2O6. The number of hydrogen-bond acceptors (Lipinski definition) is 7. The highest BCUT2D eigenvalue weighted by Gasteiger charge is 2.28. The van der Waals surface area contributed by atoms with Crippen molar-refractivity contribution in [2.75, 3.05) is 0 Å². The number of hydrogen-bond donors (Lipinski definition) is 1. The summed E-state index contributed by atoms with van der Waals surface area (Å²) in [6, 6.07) is 7.02. The van der Waals surface area contributed by atoms with E-state index in [2.05, 4.69) is 0 Å². The molecule has 1 aromatic carbocycles. The van der Waals surface area contributed by atoms with E-state index in [0.717, 1.165) is 16.5 Å². The number of nitrogens with zero attached hydrogens (tertiary/aromatic N) is 2. The van der Waals surface area contributed by atoms with Crippen molar-refractivity contribution in [3.05, 3.63) is 62.4 Å². The molecule has 0 bridgehead atoms. The van der Waals surface area contributed by atoms with Gasteiger partial charge in [0.05, 0.1) is 41.2 Å². The summed E-state index contributed by atoms with van der Waals surface area (Å²) in [5.41, 5.74) is 4.09. The van der Waals surface area contributed by atoms with E-state index >= 15 is 0 Å². The van der Waals surface area contributed by atoms with Crippen LogP contribution in [0.2, 0.25) is 0 Å². The zero-order valence-corrected chi connectivity index (χ0v) is 20.0. The van der Waals surface area contributed by atoms with Gasteiger partial charge in [0, 0.05) is 17.9 Å². The summed E-state index contributed by atoms with van der Waals surface area (Å²) in [4.78, 5) is 42.0. The van der Waals surface area contributed by atoms with Gasteiger partial charge in [-0.25, -0.2) is 9.78 Å². The molecule has 8 nitrogen and oxygen atoms in total. The SMILES string of the molecule is CCc1c2c(nc3ccc(C(=O)OC(C)(C)C)cc13)-c1cc(CO)c(COC(C)=O)c(=O)n1C2. The lowest BCUT2D eigenvalue weighted by molar-refractivity contribution is -0.142. The van der Waals surface area contributed by atoms with Gasteiger partial charge in [0.15, 0.2) is 0 Å². The van der Waals surface area contributed by atoms with E-state index in [9.17, 15) is 19.5 Å². The second kappa shape index (κ2) is 8.68. The highest BCUT2D eigenvalue weighted by molar-refractivity contribution is 5.97. The summed E-state index contributed by atoms with van der Waals surface area (Å²) in [5, 5.41) is 10.7. The highest BCUT2D eigenvalue weighted by atomic mass is 16.6. The van der Waals surface area contributed by atoms with E-state index in [0.29, 0.717) is 41.0 Å². The van der Waals surface area contributed by atoms with Crippen LogP contribution in [0.15, 0.2) is 29.1 Å². The number of aromatic nitrogens is 2. The van der Waals surface area contributed by atoms with Gasteiger partial charge in [-0.15, -0.1) is 0 Å². The van der Waals surface area contributed by atoms with Gasteiger partial charge in [-0.05, 0) is 62.6 Å². The van der Waals surface area contributed by atoms with Crippen LogP contribution in [0.3, 0.4) is 0 Å². The van der Waals surface area contributed by atoms with Crippen molar-refractivity contribution in [2.24, 2.45) is 0 Å². The van der Waals surface area contributed by atoms with Crippen LogP contribution in [-0.4, -0.2) is 32.2 Å². The van der Waals surface area contributed by atoms with E-state index in [1.54, 1.807) is 28.8 Å². The van der Waals surface area contributed by atoms with E-state index in [1.807, 2.05) is 27.7 Å². The summed E-state index contributed by atoms with van der Waals surface area (Å²) in [6.07, 6.45) is 0.676. The average Bonchev–Trinajstić information content (AvgIpc) is 3.13. The Balaban J connectivity index is 1.86. The number of aliphatic hydroxyl groups is 1. The number of aryl methyl sites for hydroxylation is 1. The van der Waals surface area contributed by atoms with E-state index in [4.69, 9.17) is 14.5 Å². The standard InChI is InChI=1S/C26H28N2O6/c1-6-17-18-9-15(25(32)34-26(3,4)5)7-8-21(18)27-23-19(17)11-28-22(23)10-16(12-29)20(24(28)31)13-33-14(2)30/h7-10,29H,6,11-13H2,1-5H3. The van der Waals surface area contributed by atoms with Crippen LogP contribution in [0.4, 0.5) is 0 Å². The molecule has 4 rings (SSSR count). The number of esters is 2. The summed E-state index contributed by atoms with van der Waals surface area (Å²) in [5.74, 6) is -0.904. The van der Waals surface area contributed by atoms with Crippen molar-refractivity contribution < 1.29 is 24.2 Å². The van der Waals surface area contributed by atoms with Crippen LogP contribution in [0.5, 0.6) is 0 Å². The van der Waals surface area contributed by atoms with Crippen molar-refractivity contribution in [1.29, 1.82) is 0 Å². The lowest BCUT2D eigenvalue weighted by Crippen LogP contribution is -2.26. The molecule has 178 valence electrons. The molecule has 0 spiro atoms. The largest absolute Gasteiger partial charge is 0.461 e. The smallest absolute Gasteiger partial charge is 0.338 e. The van der Waals surface area contributed by atoms with Crippen molar-refractivity contribution in [1.82, 2.24) is 9.55 Å². The zero-order valence-electron chi connectivity index (χ0n) is 20.0. The molecular weight excluding hydrogens is 436 g/mol. The van der Waals surface area contributed by atoms with E-state index in [1.165, 1.54) is 6.92 Å². The molecule has 1 aliphatic rings. The fourth-order valence-corrected chi connectivity index (χ4v) is 4.34. The highest BCUT2D eigenvalue weighted by Crippen LogP contribution is 2.36. The Morgan fingerprint density at radius 3 is 2.53 bits per heavy atom. The number of aliphatic hydroxyl groups excluding tert-OH is 1. The molecule has 0 radical (unpaired) electrons. The first-order chi connectivity index (χ1) is 16.0. The molecule has 1 aliphatic heterocycles. The second-order valence-electron chi connectivity index (χ2n) is 9.37. The van der Waals surface area contributed by atoms with Crippen molar-refractivity contribution in [3.8, 4) is 11.4 Å². The van der Waals surface area contributed by atoms with Gasteiger partial charge in [0.2, 0.25) is 0 Å². The van der Waals surface area contributed by atoms with Crippen LogP contribution in [0.1, 0.15) is 67.2 Å². The topological polar surface area (TPSA) is 108 Å². The minimum atomic E-state index is -0.604. The fraction of sp³-hybridized carbons (Fsp3) is 0.385. The molecule has 0 aliphatic carbocycles. The Kier molecular flexibility index (Phi) is 6.03. The van der Waals surface area contributed by atoms with E-state index in [-0.39, 0.29) is 24.3 Å². The molecule has 0 fully saturated rings. The lowest BCUT2D eigenvalue weighted by Gasteiger charge is -2.20. The summed E-state index contributed by atoms with van der Waals surface area (Å²) in [7, 11) is 0. The Bertz CT molecular complexity index is 1380. The molecule has 0 saturated heterocycles. The predicted molar refractivity (Wildman–Crippen MR) is 126 cm³/mol. The number of ether oxygens (including phenoxy) is 2. The zero-order chi connectivity index (χ0) is 24.8. The summed E-state index contributed by atoms with van der Waals surface area (Å²) < 4.78 is 12.2. The molecule has 0 amide bonds. The molecule has 0 saturated carbocycles. The predicted octanol–water partition coefficient (Wildman–Crippen LogP) is 3.50. The number of rotatable bonds is 5. The van der Waals surface area contributed by atoms with Crippen LogP contribution in [0.25, 0.3) is 22.3 Å². The number of carbonyl (C=O) groups is 2. The fourth-order valence-electron chi connectivity index (χ4n) is 4.34. The molecule has 3 aromatic rings. The third kappa shape index (κ3) is 4.21. The normalized spacial score (nSPS) is 12.4. The molecule has 0 unspecified atom stereocenters. The van der Waals surface area contributed by atoms with Crippen molar-refractivity contribution >= 4 is 22.8 Å². The first kappa shape index (κ1) is 23.6. The third-order valence-electron chi connectivity index (χ3n) is 5.83. The molecule has 8 heteroatoms. The number of fused-ring (bicyclic) bond motifs is 4. The number of benzene rings is 1.